The molecule has 4 nitrogen and oxygen atoms in total. The third-order valence-corrected chi connectivity index (χ3v) is 3.66. The summed E-state index contributed by atoms with van der Waals surface area (Å²) in [6.07, 6.45) is 4.77. The first-order valence-electron chi connectivity index (χ1n) is 6.95. The number of hydrogen-bond acceptors (Lipinski definition) is 3. The third kappa shape index (κ3) is 5.84. The molecule has 0 atom stereocenters. The molecule has 0 aliphatic rings. The first-order chi connectivity index (χ1) is 10.3. The van der Waals surface area contributed by atoms with Crippen LogP contribution in [0.5, 0.6) is 0 Å². The van der Waals surface area contributed by atoms with Gasteiger partial charge in [-0.2, -0.15) is 0 Å². The number of nitrogens with zero attached hydrogens (tertiary/aromatic N) is 2. The minimum atomic E-state index is 0. The molecule has 1 aromatic carbocycles. The molecule has 22 heavy (non-hydrogen) atoms. The molecule has 6 heteroatoms. The number of aromatic nitrogens is 1. The van der Waals surface area contributed by atoms with Gasteiger partial charge in [-0.3, -0.25) is 10.7 Å². The Bertz CT molecular complexity index is 523. The van der Waals surface area contributed by atoms with Crippen molar-refractivity contribution in [3.05, 3.63) is 54.7 Å². The van der Waals surface area contributed by atoms with Crippen LogP contribution >= 0.6 is 11.8 Å². The molecule has 0 amide bonds. The molecule has 0 aliphatic heterocycles. The highest BCUT2D eigenvalue weighted by molar-refractivity contribution is 8.12. The molecule has 2 rings (SSSR count). The van der Waals surface area contributed by atoms with Gasteiger partial charge in [0.1, 0.15) is 5.82 Å². The van der Waals surface area contributed by atoms with E-state index in [2.05, 4.69) is 27.0 Å². The van der Waals surface area contributed by atoms with E-state index in [0.29, 0.717) is 0 Å². The predicted molar refractivity (Wildman–Crippen MR) is 90.8 cm³/mol. The van der Waals surface area contributed by atoms with E-state index in [4.69, 9.17) is 5.73 Å². The zero-order valence-electron chi connectivity index (χ0n) is 12.6. The van der Waals surface area contributed by atoms with Crippen molar-refractivity contribution in [2.75, 3.05) is 24.2 Å². The summed E-state index contributed by atoms with van der Waals surface area (Å²) in [5.41, 5.74) is 6.91. The largest absolute Gasteiger partial charge is 1.00 e. The lowest BCUT2D eigenvalue weighted by atomic mass is 10.2. The molecule has 0 saturated carbocycles. The van der Waals surface area contributed by atoms with Gasteiger partial charge < -0.3 is 28.9 Å². The molecular formula is C16H21IN4S. The summed E-state index contributed by atoms with van der Waals surface area (Å²) < 4.78 is 0. The standard InChI is InChI=1S/C16H20N4S.HI/c1-21-16(17)19-12-7-13-20(14-8-3-2-4-9-14)15-10-5-6-11-18-15;/h2-6,8-11H,7,12-13H2,1H3,(H2,17,19);1H. The van der Waals surface area contributed by atoms with Crippen molar-refractivity contribution < 1.29 is 29.0 Å². The Morgan fingerprint density at radius 2 is 1.91 bits per heavy atom. The maximum absolute atomic E-state index is 5.75. The summed E-state index contributed by atoms with van der Waals surface area (Å²) >= 11 is 1.53. The second-order valence-electron chi connectivity index (χ2n) is 4.52. The van der Waals surface area contributed by atoms with Crippen LogP contribution in [0.1, 0.15) is 6.42 Å². The number of para-hydroxylation sites is 1. The number of pyridine rings is 1. The first kappa shape index (κ1) is 18.8. The van der Waals surface area contributed by atoms with Crippen LogP contribution in [0.25, 0.3) is 0 Å². The van der Waals surface area contributed by atoms with Gasteiger partial charge in [-0.25, -0.2) is 4.98 Å². The first-order valence-corrected chi connectivity index (χ1v) is 8.17. The van der Waals surface area contributed by atoms with E-state index in [-0.39, 0.29) is 24.0 Å². The number of rotatable bonds is 6. The van der Waals surface area contributed by atoms with Crippen LogP contribution in [0.3, 0.4) is 0 Å². The average molecular weight is 428 g/mol. The Morgan fingerprint density at radius 1 is 1.18 bits per heavy atom. The van der Waals surface area contributed by atoms with Gasteiger partial charge in [-0.05, 0) is 42.3 Å². The molecule has 0 fully saturated rings. The summed E-state index contributed by atoms with van der Waals surface area (Å²) in [6, 6.07) is 16.3. The Labute approximate surface area is 153 Å². The maximum atomic E-state index is 5.75. The van der Waals surface area contributed by atoms with Gasteiger partial charge in [0.2, 0.25) is 0 Å². The maximum Gasteiger partial charge on any atom is 0.301 e. The Kier molecular flexibility index (Phi) is 8.91. The lowest BCUT2D eigenvalue weighted by Crippen LogP contribution is -3.00. The fourth-order valence-electron chi connectivity index (χ4n) is 2.02. The van der Waals surface area contributed by atoms with Gasteiger partial charge in [0.15, 0.2) is 0 Å². The normalized spacial score (nSPS) is 10.9. The molecule has 118 valence electrons. The number of halogens is 1. The summed E-state index contributed by atoms with van der Waals surface area (Å²) in [6.45, 7) is 1.73. The molecule has 1 heterocycles. The lowest BCUT2D eigenvalue weighted by molar-refractivity contribution is -0.454. The SMILES string of the molecule is CSC(N)=[NH+]CCCN(c1ccccc1)c1ccccn1.[I-]. The van der Waals surface area contributed by atoms with Crippen LogP contribution in [0.2, 0.25) is 0 Å². The molecule has 3 N–H and O–H groups in total. The quantitative estimate of drug-likeness (QED) is 0.251. The van der Waals surface area contributed by atoms with Crippen LogP contribution < -0.4 is 39.6 Å². The van der Waals surface area contributed by atoms with Crippen molar-refractivity contribution in [1.29, 1.82) is 0 Å². The van der Waals surface area contributed by atoms with Crippen LogP contribution in [0, 0.1) is 0 Å². The summed E-state index contributed by atoms with van der Waals surface area (Å²) in [5.74, 6) is 0.963. The highest BCUT2D eigenvalue weighted by Gasteiger charge is 2.09. The molecule has 0 bridgehead atoms. The number of nitrogens with two attached hydrogens (primary N) is 1. The van der Waals surface area contributed by atoms with E-state index in [1.807, 2.05) is 48.9 Å². The number of nitrogens with one attached hydrogen (secondary N) is 1. The Hall–Kier alpha value is -1.28. The average Bonchev–Trinajstić information content (AvgIpc) is 2.56. The number of thioether (sulfide) groups is 1. The van der Waals surface area contributed by atoms with Crippen molar-refractivity contribution >= 4 is 28.4 Å². The highest BCUT2D eigenvalue weighted by Crippen LogP contribution is 2.22. The van der Waals surface area contributed by atoms with E-state index in [9.17, 15) is 0 Å². The topological polar surface area (TPSA) is 56.1 Å². The number of amidine groups is 1. The fraction of sp³-hybridized carbons (Fsp3) is 0.250. The smallest absolute Gasteiger partial charge is 0.301 e. The van der Waals surface area contributed by atoms with Crippen molar-refractivity contribution in [3.63, 3.8) is 0 Å². The number of benzene rings is 1. The fourth-order valence-corrected chi connectivity index (χ4v) is 2.26. The van der Waals surface area contributed by atoms with Crippen molar-refractivity contribution in [2.45, 2.75) is 6.42 Å². The van der Waals surface area contributed by atoms with Gasteiger partial charge in [-0.1, -0.05) is 24.3 Å². The third-order valence-electron chi connectivity index (χ3n) is 3.07. The van der Waals surface area contributed by atoms with E-state index in [0.717, 1.165) is 36.2 Å². The van der Waals surface area contributed by atoms with Crippen LogP contribution in [0.4, 0.5) is 11.5 Å². The number of hydrogen-bond donors (Lipinski definition) is 2. The van der Waals surface area contributed by atoms with Gasteiger partial charge in [0.05, 0.1) is 6.54 Å². The van der Waals surface area contributed by atoms with Crippen molar-refractivity contribution in [3.8, 4) is 0 Å². The number of anilines is 2. The molecule has 0 spiro atoms. The van der Waals surface area contributed by atoms with E-state index in [1.165, 1.54) is 11.8 Å². The second-order valence-corrected chi connectivity index (χ2v) is 5.37. The summed E-state index contributed by atoms with van der Waals surface area (Å²) in [4.78, 5) is 9.88. The van der Waals surface area contributed by atoms with Crippen LogP contribution in [0.15, 0.2) is 54.7 Å². The van der Waals surface area contributed by atoms with Crippen LogP contribution in [-0.4, -0.2) is 29.5 Å². The van der Waals surface area contributed by atoms with Gasteiger partial charge >= 0.3 is 5.17 Å². The van der Waals surface area contributed by atoms with Crippen molar-refractivity contribution in [2.24, 2.45) is 5.73 Å². The van der Waals surface area contributed by atoms with Gasteiger partial charge in [-0.15, -0.1) is 0 Å². The zero-order valence-corrected chi connectivity index (χ0v) is 15.5. The van der Waals surface area contributed by atoms with Gasteiger partial charge in [0, 0.05) is 24.8 Å². The zero-order chi connectivity index (χ0) is 14.9. The molecule has 2 aromatic rings. The van der Waals surface area contributed by atoms with E-state index in [1.54, 1.807) is 0 Å². The lowest BCUT2D eigenvalue weighted by Gasteiger charge is -2.23. The van der Waals surface area contributed by atoms with Gasteiger partial charge in [0.25, 0.3) is 0 Å². The second kappa shape index (κ2) is 10.4. The minimum Gasteiger partial charge on any atom is -1.00 e. The molecule has 0 saturated heterocycles. The summed E-state index contributed by atoms with van der Waals surface area (Å²) in [7, 11) is 0. The van der Waals surface area contributed by atoms with Crippen LogP contribution in [-0.2, 0) is 0 Å². The van der Waals surface area contributed by atoms with E-state index < -0.39 is 0 Å². The molecular weight excluding hydrogens is 407 g/mol. The summed E-state index contributed by atoms with van der Waals surface area (Å²) in [5, 5.41) is 0.763. The predicted octanol–water partition coefficient (Wildman–Crippen LogP) is -1.63. The molecule has 0 unspecified atom stereocenters. The Balaban J connectivity index is 0.00000242. The molecule has 1 aromatic heterocycles. The monoisotopic (exact) mass is 428 g/mol. The van der Waals surface area contributed by atoms with E-state index >= 15 is 0 Å². The Morgan fingerprint density at radius 3 is 2.55 bits per heavy atom. The minimum absolute atomic E-state index is 0. The molecule has 0 radical (unpaired) electrons. The molecule has 0 aliphatic carbocycles. The van der Waals surface area contributed by atoms with Crippen molar-refractivity contribution in [1.82, 2.24) is 4.98 Å². The highest BCUT2D eigenvalue weighted by atomic mass is 127.